The smallest absolute Gasteiger partial charge is 0.259 e. The van der Waals surface area contributed by atoms with Gasteiger partial charge in [-0.25, -0.2) is 9.37 Å². The van der Waals surface area contributed by atoms with Gasteiger partial charge in [0.05, 0.1) is 18.0 Å². The number of carbonyl (C=O) groups excluding carboxylic acids is 1. The molecule has 0 saturated carbocycles. The summed E-state index contributed by atoms with van der Waals surface area (Å²) in [5, 5.41) is 2.58. The summed E-state index contributed by atoms with van der Waals surface area (Å²) in [6.07, 6.45) is 2.67. The molecule has 1 aromatic heterocycles. The zero-order valence-corrected chi connectivity index (χ0v) is 10.2. The Kier molecular flexibility index (Phi) is 3.53. The summed E-state index contributed by atoms with van der Waals surface area (Å²) in [6.45, 7) is 1.59. The van der Waals surface area contributed by atoms with Crippen LogP contribution in [0.4, 0.5) is 10.2 Å². The number of hydrogen-bond acceptors (Lipinski definition) is 3. The lowest BCUT2D eigenvalue weighted by Crippen LogP contribution is -2.15. The van der Waals surface area contributed by atoms with E-state index in [4.69, 9.17) is 11.6 Å². The first-order valence-corrected chi connectivity index (χ1v) is 5.50. The quantitative estimate of drug-likeness (QED) is 0.908. The van der Waals surface area contributed by atoms with Gasteiger partial charge in [0.2, 0.25) is 0 Å². The van der Waals surface area contributed by atoms with Crippen LogP contribution in [0, 0.1) is 12.7 Å². The summed E-state index contributed by atoms with van der Waals surface area (Å²) >= 11 is 5.63. The molecule has 92 valence electrons. The third-order valence-electron chi connectivity index (χ3n) is 2.28. The Hall–Kier alpha value is -2.01. The van der Waals surface area contributed by atoms with E-state index in [-0.39, 0.29) is 16.5 Å². The Morgan fingerprint density at radius 1 is 1.39 bits per heavy atom. The van der Waals surface area contributed by atoms with E-state index < -0.39 is 11.7 Å². The molecule has 0 atom stereocenters. The second-order valence-corrected chi connectivity index (χ2v) is 4.00. The molecule has 1 N–H and O–H groups in total. The predicted molar refractivity (Wildman–Crippen MR) is 66.1 cm³/mol. The lowest BCUT2D eigenvalue weighted by molar-refractivity contribution is 0.102. The molecule has 0 radical (unpaired) electrons. The van der Waals surface area contributed by atoms with E-state index in [9.17, 15) is 9.18 Å². The van der Waals surface area contributed by atoms with Crippen LogP contribution in [0.5, 0.6) is 0 Å². The van der Waals surface area contributed by atoms with Crippen LogP contribution in [0.25, 0.3) is 0 Å². The fourth-order valence-electron chi connectivity index (χ4n) is 1.41. The molecule has 1 amide bonds. The number of halogens is 2. The van der Waals surface area contributed by atoms with Crippen molar-refractivity contribution in [1.82, 2.24) is 9.97 Å². The van der Waals surface area contributed by atoms with Gasteiger partial charge in [-0.3, -0.25) is 9.78 Å². The Balaban J connectivity index is 2.25. The SMILES string of the molecule is Cc1cccc(C(=O)Nc2cncc(Cl)n2)c1F. The van der Waals surface area contributed by atoms with Crippen molar-refractivity contribution < 1.29 is 9.18 Å². The van der Waals surface area contributed by atoms with Crippen LogP contribution in [0.1, 0.15) is 15.9 Å². The van der Waals surface area contributed by atoms with E-state index in [0.717, 1.165) is 0 Å². The number of rotatable bonds is 2. The molecule has 0 bridgehead atoms. The normalized spacial score (nSPS) is 10.2. The third-order valence-corrected chi connectivity index (χ3v) is 2.47. The highest BCUT2D eigenvalue weighted by atomic mass is 35.5. The van der Waals surface area contributed by atoms with E-state index in [2.05, 4.69) is 15.3 Å². The average Bonchev–Trinajstić information content (AvgIpc) is 2.32. The zero-order chi connectivity index (χ0) is 13.1. The fraction of sp³-hybridized carbons (Fsp3) is 0.0833. The lowest BCUT2D eigenvalue weighted by atomic mass is 10.1. The van der Waals surface area contributed by atoms with Crippen molar-refractivity contribution in [3.05, 3.63) is 52.7 Å². The van der Waals surface area contributed by atoms with E-state index in [1.54, 1.807) is 19.1 Å². The van der Waals surface area contributed by atoms with Crippen LogP contribution >= 0.6 is 11.6 Å². The summed E-state index contributed by atoms with van der Waals surface area (Å²) in [5.74, 6) is -0.967. The van der Waals surface area contributed by atoms with Gasteiger partial charge in [0.25, 0.3) is 5.91 Å². The summed E-state index contributed by atoms with van der Waals surface area (Å²) in [4.78, 5) is 19.4. The molecule has 0 saturated heterocycles. The van der Waals surface area contributed by atoms with Gasteiger partial charge in [-0.1, -0.05) is 23.7 Å². The highest BCUT2D eigenvalue weighted by Gasteiger charge is 2.13. The van der Waals surface area contributed by atoms with Gasteiger partial charge < -0.3 is 5.32 Å². The van der Waals surface area contributed by atoms with Crippen molar-refractivity contribution in [2.45, 2.75) is 6.92 Å². The second kappa shape index (κ2) is 5.10. The molecule has 4 nitrogen and oxygen atoms in total. The van der Waals surface area contributed by atoms with Crippen LogP contribution < -0.4 is 5.32 Å². The molecule has 2 aromatic rings. The Labute approximate surface area is 108 Å². The molecule has 2 rings (SSSR count). The zero-order valence-electron chi connectivity index (χ0n) is 9.45. The van der Waals surface area contributed by atoms with Crippen LogP contribution in [0.2, 0.25) is 5.15 Å². The number of carbonyl (C=O) groups is 1. The maximum absolute atomic E-state index is 13.7. The first-order valence-electron chi connectivity index (χ1n) is 5.12. The molecule has 0 aliphatic heterocycles. The minimum atomic E-state index is -0.590. The van der Waals surface area contributed by atoms with Crippen molar-refractivity contribution in [3.8, 4) is 0 Å². The topological polar surface area (TPSA) is 54.9 Å². The molecule has 0 unspecified atom stereocenters. The number of benzene rings is 1. The fourth-order valence-corrected chi connectivity index (χ4v) is 1.56. The van der Waals surface area contributed by atoms with Crippen molar-refractivity contribution in [2.24, 2.45) is 0 Å². The van der Waals surface area contributed by atoms with Crippen LogP contribution in [0.15, 0.2) is 30.6 Å². The first-order chi connectivity index (χ1) is 8.58. The van der Waals surface area contributed by atoms with Crippen molar-refractivity contribution in [1.29, 1.82) is 0 Å². The summed E-state index contributed by atoms with van der Waals surface area (Å²) in [6, 6.07) is 4.60. The van der Waals surface area contributed by atoms with Gasteiger partial charge in [-0.05, 0) is 18.6 Å². The second-order valence-electron chi connectivity index (χ2n) is 3.62. The maximum Gasteiger partial charge on any atom is 0.259 e. The van der Waals surface area contributed by atoms with Crippen LogP contribution in [-0.4, -0.2) is 15.9 Å². The largest absolute Gasteiger partial charge is 0.305 e. The molecule has 1 heterocycles. The van der Waals surface area contributed by atoms with Gasteiger partial charge in [-0.2, -0.15) is 0 Å². The molecule has 1 aromatic carbocycles. The number of amides is 1. The molecule has 0 spiro atoms. The molecular formula is C12H9ClFN3O. The molecule has 0 fully saturated rings. The lowest BCUT2D eigenvalue weighted by Gasteiger charge is -2.06. The van der Waals surface area contributed by atoms with E-state index in [1.165, 1.54) is 18.5 Å². The monoisotopic (exact) mass is 265 g/mol. The molecule has 0 aliphatic carbocycles. The van der Waals surface area contributed by atoms with Crippen LogP contribution in [-0.2, 0) is 0 Å². The van der Waals surface area contributed by atoms with Gasteiger partial charge >= 0.3 is 0 Å². The summed E-state index contributed by atoms with van der Waals surface area (Å²) in [5.41, 5.74) is 0.358. The average molecular weight is 266 g/mol. The van der Waals surface area contributed by atoms with Gasteiger partial charge in [0.15, 0.2) is 5.82 Å². The molecular weight excluding hydrogens is 257 g/mol. The number of aromatic nitrogens is 2. The van der Waals surface area contributed by atoms with Crippen molar-refractivity contribution in [2.75, 3.05) is 5.32 Å². The van der Waals surface area contributed by atoms with Crippen molar-refractivity contribution in [3.63, 3.8) is 0 Å². The number of aryl methyl sites for hydroxylation is 1. The summed E-state index contributed by atoms with van der Waals surface area (Å²) in [7, 11) is 0. The van der Waals surface area contributed by atoms with Gasteiger partial charge in [0.1, 0.15) is 11.0 Å². The van der Waals surface area contributed by atoms with E-state index in [1.807, 2.05) is 0 Å². The molecule has 6 heteroatoms. The summed E-state index contributed by atoms with van der Waals surface area (Å²) < 4.78 is 13.7. The first kappa shape index (κ1) is 12.4. The number of nitrogens with zero attached hydrogens (tertiary/aromatic N) is 2. The number of nitrogens with one attached hydrogen (secondary N) is 1. The molecule has 18 heavy (non-hydrogen) atoms. The predicted octanol–water partition coefficient (Wildman–Crippen LogP) is 2.83. The minimum Gasteiger partial charge on any atom is -0.305 e. The van der Waals surface area contributed by atoms with E-state index in [0.29, 0.717) is 5.56 Å². The van der Waals surface area contributed by atoms with Crippen molar-refractivity contribution >= 4 is 23.3 Å². The highest BCUT2D eigenvalue weighted by Crippen LogP contribution is 2.14. The van der Waals surface area contributed by atoms with E-state index >= 15 is 0 Å². The minimum absolute atomic E-state index is 0.0447. The Morgan fingerprint density at radius 2 is 2.17 bits per heavy atom. The number of anilines is 1. The maximum atomic E-state index is 13.7. The van der Waals surface area contributed by atoms with Gasteiger partial charge in [0, 0.05) is 0 Å². The highest BCUT2D eigenvalue weighted by molar-refractivity contribution is 6.29. The Morgan fingerprint density at radius 3 is 2.89 bits per heavy atom. The standard InChI is InChI=1S/C12H9ClFN3O/c1-7-3-2-4-8(11(7)14)12(18)17-10-6-15-5-9(13)16-10/h2-6H,1H3,(H,16,17,18). The number of hydrogen-bond donors (Lipinski definition) is 1. The Bertz CT molecular complexity index is 604. The van der Waals surface area contributed by atoms with Gasteiger partial charge in [-0.15, -0.1) is 0 Å². The third kappa shape index (κ3) is 2.62. The van der Waals surface area contributed by atoms with Crippen LogP contribution in [0.3, 0.4) is 0 Å². The molecule has 0 aliphatic rings.